The van der Waals surface area contributed by atoms with Crippen molar-refractivity contribution >= 4 is 21.9 Å². The van der Waals surface area contributed by atoms with Crippen LogP contribution in [0.2, 0.25) is 0 Å². The van der Waals surface area contributed by atoms with E-state index in [4.69, 9.17) is 9.47 Å². The fraction of sp³-hybridized carbons (Fsp3) is 0.579. The average Bonchev–Trinajstić information content (AvgIpc) is 3.27. The van der Waals surface area contributed by atoms with Gasteiger partial charge in [-0.3, -0.25) is 4.79 Å². The summed E-state index contributed by atoms with van der Waals surface area (Å²) in [6.45, 7) is 1.91. The topological polar surface area (TPSA) is 93.2 Å². The highest BCUT2D eigenvalue weighted by Gasteiger charge is 2.31. The molecule has 0 saturated carbocycles. The Hall–Kier alpha value is -2.13. The highest BCUT2D eigenvalue weighted by Crippen LogP contribution is 2.30. The third-order valence-corrected chi connectivity index (χ3v) is 7.04. The van der Waals surface area contributed by atoms with E-state index in [1.807, 2.05) is 0 Å². The summed E-state index contributed by atoms with van der Waals surface area (Å²) >= 11 is 0. The normalized spacial score (nSPS) is 18.1. The first-order chi connectivity index (χ1) is 13.4. The van der Waals surface area contributed by atoms with Crippen LogP contribution in [0.25, 0.3) is 0 Å². The molecule has 1 aromatic rings. The van der Waals surface area contributed by atoms with Crippen LogP contribution in [0, 0.1) is 0 Å². The number of likely N-dealkylation sites (tertiary alicyclic amines) is 1. The Labute approximate surface area is 165 Å². The van der Waals surface area contributed by atoms with Gasteiger partial charge in [-0.1, -0.05) is 0 Å². The van der Waals surface area contributed by atoms with Gasteiger partial charge in [-0.15, -0.1) is 0 Å². The lowest BCUT2D eigenvalue weighted by atomic mass is 10.1. The molecular formula is C19H26N2O6S. The van der Waals surface area contributed by atoms with Gasteiger partial charge in [0, 0.05) is 26.2 Å². The minimum absolute atomic E-state index is 0.0614. The van der Waals surface area contributed by atoms with E-state index in [-0.39, 0.29) is 28.7 Å². The largest absolute Gasteiger partial charge is 0.495 e. The smallest absolute Gasteiger partial charge is 0.338 e. The highest BCUT2D eigenvalue weighted by atomic mass is 32.2. The second-order valence-electron chi connectivity index (χ2n) is 6.99. The van der Waals surface area contributed by atoms with Crippen LogP contribution in [-0.2, 0) is 19.6 Å². The van der Waals surface area contributed by atoms with Gasteiger partial charge in [-0.25, -0.2) is 13.2 Å². The number of benzene rings is 1. The Morgan fingerprint density at radius 3 is 2.29 bits per heavy atom. The van der Waals surface area contributed by atoms with E-state index in [9.17, 15) is 18.0 Å². The standard InChI is InChI=1S/C19H26N2O6S/c1-26-16-8-7-15(13-17(16)28(24,25)21-11-5-6-12-21)19(23)27-14-18(22)20-9-3-2-4-10-20/h7-8,13H,2-6,9-12,14H2,1H3. The molecule has 9 heteroatoms. The Kier molecular flexibility index (Phi) is 6.56. The third-order valence-electron chi connectivity index (χ3n) is 5.12. The van der Waals surface area contributed by atoms with Gasteiger partial charge < -0.3 is 14.4 Å². The van der Waals surface area contributed by atoms with Crippen molar-refractivity contribution < 1.29 is 27.5 Å². The van der Waals surface area contributed by atoms with Gasteiger partial charge in [0.05, 0.1) is 12.7 Å². The molecule has 2 aliphatic heterocycles. The number of rotatable bonds is 6. The molecule has 0 radical (unpaired) electrons. The van der Waals surface area contributed by atoms with Gasteiger partial charge in [-0.2, -0.15) is 4.31 Å². The van der Waals surface area contributed by atoms with E-state index in [0.29, 0.717) is 26.2 Å². The summed E-state index contributed by atoms with van der Waals surface area (Å²) in [6.07, 6.45) is 4.62. The van der Waals surface area contributed by atoms with Gasteiger partial charge in [0.25, 0.3) is 5.91 Å². The molecule has 0 aromatic heterocycles. The van der Waals surface area contributed by atoms with Crippen molar-refractivity contribution in [3.8, 4) is 5.75 Å². The van der Waals surface area contributed by atoms with Gasteiger partial charge in [0.15, 0.2) is 6.61 Å². The first kappa shape index (κ1) is 20.6. The van der Waals surface area contributed by atoms with Crippen molar-refractivity contribution in [2.24, 2.45) is 0 Å². The number of hydrogen-bond acceptors (Lipinski definition) is 6. The number of hydrogen-bond donors (Lipinski definition) is 0. The van der Waals surface area contributed by atoms with Crippen LogP contribution < -0.4 is 4.74 Å². The second-order valence-corrected chi connectivity index (χ2v) is 8.90. The fourth-order valence-electron chi connectivity index (χ4n) is 3.52. The summed E-state index contributed by atoms with van der Waals surface area (Å²) in [7, 11) is -2.38. The van der Waals surface area contributed by atoms with E-state index in [1.165, 1.54) is 29.6 Å². The number of methoxy groups -OCH3 is 1. The zero-order chi connectivity index (χ0) is 20.1. The molecule has 3 rings (SSSR count). The van der Waals surface area contributed by atoms with Gasteiger partial charge in [0.2, 0.25) is 10.0 Å². The molecule has 154 valence electrons. The van der Waals surface area contributed by atoms with Crippen molar-refractivity contribution in [1.82, 2.24) is 9.21 Å². The summed E-state index contributed by atoms with van der Waals surface area (Å²) in [5.41, 5.74) is 0.0741. The van der Waals surface area contributed by atoms with Crippen LogP contribution in [0.15, 0.2) is 23.1 Å². The molecule has 2 saturated heterocycles. The predicted octanol–water partition coefficient (Wildman–Crippen LogP) is 1.65. The molecule has 0 spiro atoms. The van der Waals surface area contributed by atoms with Crippen LogP contribution in [0.3, 0.4) is 0 Å². The number of ether oxygens (including phenoxy) is 2. The predicted molar refractivity (Wildman–Crippen MR) is 102 cm³/mol. The number of amides is 1. The maximum Gasteiger partial charge on any atom is 0.338 e. The molecule has 0 atom stereocenters. The number of nitrogens with zero attached hydrogens (tertiary/aromatic N) is 2. The number of carbonyl (C=O) groups excluding carboxylic acids is 2. The zero-order valence-corrected chi connectivity index (χ0v) is 16.9. The molecule has 0 aliphatic carbocycles. The molecule has 2 fully saturated rings. The molecule has 0 N–H and O–H groups in total. The van der Waals surface area contributed by atoms with E-state index < -0.39 is 16.0 Å². The van der Waals surface area contributed by atoms with E-state index >= 15 is 0 Å². The quantitative estimate of drug-likeness (QED) is 0.662. The molecule has 1 aromatic carbocycles. The van der Waals surface area contributed by atoms with E-state index in [1.54, 1.807) is 4.90 Å². The van der Waals surface area contributed by atoms with E-state index in [0.717, 1.165) is 32.1 Å². The molecule has 1 amide bonds. The maximum atomic E-state index is 12.9. The third kappa shape index (κ3) is 4.47. The molecule has 2 heterocycles. The van der Waals surface area contributed by atoms with Crippen LogP contribution in [-0.4, -0.2) is 69.4 Å². The lowest BCUT2D eigenvalue weighted by molar-refractivity contribution is -0.135. The van der Waals surface area contributed by atoms with Crippen LogP contribution in [0.4, 0.5) is 0 Å². The zero-order valence-electron chi connectivity index (χ0n) is 16.1. The number of esters is 1. The minimum Gasteiger partial charge on any atom is -0.495 e. The lowest BCUT2D eigenvalue weighted by Gasteiger charge is -2.26. The SMILES string of the molecule is COc1ccc(C(=O)OCC(=O)N2CCCCC2)cc1S(=O)(=O)N1CCCC1. The first-order valence-corrected chi connectivity index (χ1v) is 11.0. The van der Waals surface area contributed by atoms with Gasteiger partial charge in [-0.05, 0) is 50.3 Å². The van der Waals surface area contributed by atoms with E-state index in [2.05, 4.69) is 0 Å². The molecule has 0 bridgehead atoms. The summed E-state index contributed by atoms with van der Waals surface area (Å²) in [6, 6.07) is 4.14. The van der Waals surface area contributed by atoms with Crippen molar-refractivity contribution in [2.45, 2.75) is 37.0 Å². The number of carbonyl (C=O) groups is 2. The van der Waals surface area contributed by atoms with Crippen LogP contribution in [0.5, 0.6) is 5.75 Å². The van der Waals surface area contributed by atoms with Crippen molar-refractivity contribution in [3.63, 3.8) is 0 Å². The Bertz CT molecular complexity index is 827. The fourth-order valence-corrected chi connectivity index (χ4v) is 5.22. The highest BCUT2D eigenvalue weighted by molar-refractivity contribution is 7.89. The number of piperidine rings is 1. The Morgan fingerprint density at radius 2 is 1.64 bits per heavy atom. The first-order valence-electron chi connectivity index (χ1n) is 9.56. The van der Waals surface area contributed by atoms with Gasteiger partial charge in [0.1, 0.15) is 10.6 Å². The Balaban J connectivity index is 1.73. The van der Waals surface area contributed by atoms with Crippen molar-refractivity contribution in [1.29, 1.82) is 0 Å². The van der Waals surface area contributed by atoms with Crippen molar-refractivity contribution in [2.75, 3.05) is 39.9 Å². The minimum atomic E-state index is -3.76. The summed E-state index contributed by atoms with van der Waals surface area (Å²) < 4.78 is 37.5. The lowest BCUT2D eigenvalue weighted by Crippen LogP contribution is -2.38. The summed E-state index contributed by atoms with van der Waals surface area (Å²) in [4.78, 5) is 26.2. The molecule has 0 unspecified atom stereocenters. The van der Waals surface area contributed by atoms with Crippen LogP contribution >= 0.6 is 0 Å². The maximum absolute atomic E-state index is 12.9. The average molecular weight is 410 g/mol. The van der Waals surface area contributed by atoms with Gasteiger partial charge >= 0.3 is 5.97 Å². The Morgan fingerprint density at radius 1 is 1.00 bits per heavy atom. The molecule has 28 heavy (non-hydrogen) atoms. The monoisotopic (exact) mass is 410 g/mol. The summed E-state index contributed by atoms with van der Waals surface area (Å²) in [5.74, 6) is -0.787. The number of sulfonamides is 1. The van der Waals surface area contributed by atoms with Crippen LogP contribution in [0.1, 0.15) is 42.5 Å². The van der Waals surface area contributed by atoms with Crippen molar-refractivity contribution in [3.05, 3.63) is 23.8 Å². The molecule has 2 aliphatic rings. The molecular weight excluding hydrogens is 384 g/mol. The summed E-state index contributed by atoms with van der Waals surface area (Å²) in [5, 5.41) is 0. The molecule has 8 nitrogen and oxygen atoms in total. The second kappa shape index (κ2) is 8.91.